The predicted molar refractivity (Wildman–Crippen MR) is 193 cm³/mol. The first kappa shape index (κ1) is 33.9. The zero-order valence-corrected chi connectivity index (χ0v) is 29.4. The van der Waals surface area contributed by atoms with Crippen molar-refractivity contribution in [1.29, 1.82) is 0 Å². The van der Waals surface area contributed by atoms with Crippen molar-refractivity contribution < 1.29 is 14.6 Å². The maximum absolute atomic E-state index is 14.0. The van der Waals surface area contributed by atoms with Crippen LogP contribution in [0.3, 0.4) is 0 Å². The van der Waals surface area contributed by atoms with Gasteiger partial charge >= 0.3 is 0 Å². The monoisotopic (exact) mass is 681 g/mol. The van der Waals surface area contributed by atoms with Gasteiger partial charge in [-0.3, -0.25) is 19.4 Å². The van der Waals surface area contributed by atoms with Gasteiger partial charge in [0.2, 0.25) is 0 Å². The van der Waals surface area contributed by atoms with E-state index in [1.54, 1.807) is 30.3 Å². The number of ether oxygens (including phenoxy) is 1. The Morgan fingerprint density at radius 1 is 1.08 bits per heavy atom. The molecule has 0 aromatic carbocycles. The number of aryl methyl sites for hydroxylation is 1. The molecule has 3 aromatic rings. The molecule has 0 aliphatic carbocycles. The van der Waals surface area contributed by atoms with Crippen LogP contribution in [0.25, 0.3) is 11.3 Å². The highest BCUT2D eigenvalue weighted by Gasteiger charge is 2.35. The van der Waals surface area contributed by atoms with Crippen LogP contribution in [-0.2, 0) is 23.2 Å². The number of piperazine rings is 2. The Morgan fingerprint density at radius 3 is 2.60 bits per heavy atom. The highest BCUT2D eigenvalue weighted by atomic mass is 16.5. The van der Waals surface area contributed by atoms with Gasteiger partial charge in [0, 0.05) is 69.7 Å². The number of pyridine rings is 2. The summed E-state index contributed by atoms with van der Waals surface area (Å²) in [5, 5.41) is 18.4. The van der Waals surface area contributed by atoms with Crippen LogP contribution in [0.4, 0.5) is 23.0 Å². The maximum Gasteiger partial charge on any atom is 0.290 e. The summed E-state index contributed by atoms with van der Waals surface area (Å²) in [4.78, 5) is 45.1. The Balaban J connectivity index is 1.12. The number of fused-ring (bicyclic) bond motifs is 1. The molecule has 1 atom stereocenters. The van der Waals surface area contributed by atoms with Gasteiger partial charge in [0.05, 0.1) is 43.4 Å². The zero-order chi connectivity index (χ0) is 35.2. The summed E-state index contributed by atoms with van der Waals surface area (Å²) in [6.07, 6.45) is 7.11. The van der Waals surface area contributed by atoms with E-state index < -0.39 is 0 Å². The van der Waals surface area contributed by atoms with Gasteiger partial charge in [-0.05, 0) is 55.5 Å². The normalized spacial score (nSPS) is 22.7. The Morgan fingerprint density at radius 2 is 1.90 bits per heavy atom. The number of nitrogens with one attached hydrogen (secondary N) is 1. The van der Waals surface area contributed by atoms with Crippen molar-refractivity contribution in [3.8, 4) is 11.3 Å². The third-order valence-electron chi connectivity index (χ3n) is 10.4. The lowest BCUT2D eigenvalue weighted by molar-refractivity contribution is -0.118. The van der Waals surface area contributed by atoms with Gasteiger partial charge in [0.25, 0.3) is 11.5 Å². The number of hydrogen-bond acceptors (Lipinski definition) is 11. The molecule has 3 aromatic heterocycles. The van der Waals surface area contributed by atoms with Crippen molar-refractivity contribution in [1.82, 2.24) is 29.5 Å². The third kappa shape index (κ3) is 6.64. The molecule has 7 rings (SSSR count). The van der Waals surface area contributed by atoms with Gasteiger partial charge in [-0.15, -0.1) is 0 Å². The van der Waals surface area contributed by atoms with Crippen molar-refractivity contribution in [3.63, 3.8) is 0 Å². The second-order valence-electron chi connectivity index (χ2n) is 14.7. The number of rotatable bonds is 7. The molecule has 2 N–H and O–H groups in total. The summed E-state index contributed by atoms with van der Waals surface area (Å²) in [7, 11) is 1.59. The average Bonchev–Trinajstić information content (AvgIpc) is 3.05. The van der Waals surface area contributed by atoms with E-state index in [1.165, 1.54) is 4.68 Å². The molecule has 0 radical (unpaired) electrons. The van der Waals surface area contributed by atoms with Gasteiger partial charge in [-0.25, -0.2) is 14.6 Å². The summed E-state index contributed by atoms with van der Waals surface area (Å²) in [6, 6.07) is 8.17. The summed E-state index contributed by atoms with van der Waals surface area (Å²) >= 11 is 0. The number of carbonyl (C=O) groups excluding carboxylic acids is 1. The second kappa shape index (κ2) is 13.6. The minimum absolute atomic E-state index is 0.106. The summed E-state index contributed by atoms with van der Waals surface area (Å²) < 4.78 is 6.65. The summed E-state index contributed by atoms with van der Waals surface area (Å²) in [5.74, 6) is 0.729. The zero-order valence-electron chi connectivity index (χ0n) is 29.4. The quantitative estimate of drug-likeness (QED) is 0.381. The number of hydrogen-bond donors (Lipinski definition) is 2. The molecule has 0 spiro atoms. The van der Waals surface area contributed by atoms with Crippen LogP contribution in [-0.4, -0.2) is 105 Å². The first-order valence-corrected chi connectivity index (χ1v) is 17.5. The van der Waals surface area contributed by atoms with E-state index in [9.17, 15) is 14.7 Å². The lowest BCUT2D eigenvalue weighted by Crippen LogP contribution is -2.59. The number of carbonyl (C=O) groups is 1. The average molecular weight is 682 g/mol. The summed E-state index contributed by atoms with van der Waals surface area (Å²) in [5.41, 5.74) is 4.11. The standard InChI is InChI=1S/C37H47N9O4/c1-24-16-32-36(49)46(15-12-43(32)11-9-37(3,4)18-24)34-29(21-47)28(8-10-38-34)30-17-31(35(48)42(5)41-30)40-33-7-6-26(19-39-33)45-14-13-44(20-25(45)2)27-22-50-23-27/h6-8,10,16-17,19,25,27,47H,1,9,11-15,18,20-23H2,2-5H3,(H,39,40)/b32-16-/t25-/m0/s1. The first-order chi connectivity index (χ1) is 24.0. The van der Waals surface area contributed by atoms with E-state index in [4.69, 9.17) is 4.74 Å². The highest BCUT2D eigenvalue weighted by Crippen LogP contribution is 2.36. The molecule has 3 fully saturated rings. The number of aliphatic hydroxyl groups is 1. The van der Waals surface area contributed by atoms with Gasteiger partial charge < -0.3 is 25.0 Å². The Kier molecular flexibility index (Phi) is 9.22. The van der Waals surface area contributed by atoms with E-state index >= 15 is 0 Å². The number of anilines is 4. The van der Waals surface area contributed by atoms with E-state index in [0.717, 1.165) is 63.5 Å². The molecule has 13 heteroatoms. The second-order valence-corrected chi connectivity index (χ2v) is 14.7. The maximum atomic E-state index is 14.0. The molecule has 264 valence electrons. The molecule has 0 unspecified atom stereocenters. The van der Waals surface area contributed by atoms with Crippen LogP contribution in [0.1, 0.15) is 39.2 Å². The Labute approximate surface area is 292 Å². The smallest absolute Gasteiger partial charge is 0.290 e. The van der Waals surface area contributed by atoms with Gasteiger partial charge in [-0.2, -0.15) is 5.10 Å². The third-order valence-corrected chi connectivity index (χ3v) is 10.4. The molecular weight excluding hydrogens is 634 g/mol. The number of amides is 1. The van der Waals surface area contributed by atoms with E-state index in [0.29, 0.717) is 59.3 Å². The van der Waals surface area contributed by atoms with Crippen molar-refractivity contribution >= 4 is 28.9 Å². The van der Waals surface area contributed by atoms with E-state index in [1.807, 2.05) is 24.4 Å². The summed E-state index contributed by atoms with van der Waals surface area (Å²) in [6.45, 7) is 16.9. The highest BCUT2D eigenvalue weighted by molar-refractivity contribution is 6.06. The fourth-order valence-corrected chi connectivity index (χ4v) is 7.53. The predicted octanol–water partition coefficient (Wildman–Crippen LogP) is 3.29. The lowest BCUT2D eigenvalue weighted by atomic mass is 9.81. The first-order valence-electron chi connectivity index (χ1n) is 17.5. The fourth-order valence-electron chi connectivity index (χ4n) is 7.53. The van der Waals surface area contributed by atoms with Crippen molar-refractivity contribution in [2.45, 2.75) is 52.3 Å². The van der Waals surface area contributed by atoms with Gasteiger partial charge in [0.15, 0.2) is 0 Å². The van der Waals surface area contributed by atoms with Crippen molar-refractivity contribution in [2.24, 2.45) is 12.5 Å². The van der Waals surface area contributed by atoms with Crippen LogP contribution < -0.4 is 20.7 Å². The molecule has 7 heterocycles. The van der Waals surface area contributed by atoms with Crippen LogP contribution in [0.2, 0.25) is 0 Å². The molecule has 3 saturated heterocycles. The van der Waals surface area contributed by atoms with Crippen LogP contribution in [0.15, 0.2) is 65.4 Å². The van der Waals surface area contributed by atoms with E-state index in [2.05, 4.69) is 62.4 Å². The molecule has 0 saturated carbocycles. The number of allylic oxidation sites excluding steroid dienone is 2. The number of aromatic nitrogens is 4. The topological polar surface area (TPSA) is 132 Å². The van der Waals surface area contributed by atoms with Crippen LogP contribution >= 0.6 is 0 Å². The van der Waals surface area contributed by atoms with Gasteiger partial charge in [-0.1, -0.05) is 26.0 Å². The molecule has 0 bridgehead atoms. The number of aliphatic hydroxyl groups excluding tert-OH is 1. The Bertz CT molecular complexity index is 1870. The molecule has 13 nitrogen and oxygen atoms in total. The number of nitrogens with zero attached hydrogens (tertiary/aromatic N) is 8. The van der Waals surface area contributed by atoms with Crippen molar-refractivity contribution in [2.75, 3.05) is 67.6 Å². The largest absolute Gasteiger partial charge is 0.392 e. The Hall–Kier alpha value is -4.59. The minimum atomic E-state index is -0.372. The van der Waals surface area contributed by atoms with Crippen LogP contribution in [0, 0.1) is 5.41 Å². The minimum Gasteiger partial charge on any atom is -0.392 e. The SMILES string of the molecule is C=C1/C=C2/C(=O)N(c3nccc(-c4cc(Nc5ccc(N6CCN(C7COC7)C[C@@H]6C)cn5)c(=O)n(C)n4)c3CO)CCN2CCC(C)(C)C1. The fraction of sp³-hybridized carbons (Fsp3) is 0.486. The van der Waals surface area contributed by atoms with Crippen LogP contribution in [0.5, 0.6) is 0 Å². The molecule has 1 amide bonds. The van der Waals surface area contributed by atoms with Gasteiger partial charge in [0.1, 0.15) is 23.0 Å². The molecular formula is C37H47N9O4. The molecule has 4 aliphatic heterocycles. The molecule has 50 heavy (non-hydrogen) atoms. The lowest BCUT2D eigenvalue weighted by Gasteiger charge is -2.46. The van der Waals surface area contributed by atoms with Crippen molar-refractivity contribution in [3.05, 3.63) is 76.5 Å². The molecule has 4 aliphatic rings. The van der Waals surface area contributed by atoms with E-state index in [-0.39, 0.29) is 29.2 Å².